The maximum absolute atomic E-state index is 13.2. The molecule has 1 aromatic heterocycles. The van der Waals surface area contributed by atoms with Crippen molar-refractivity contribution in [3.8, 4) is 11.5 Å². The minimum absolute atomic E-state index is 0.0596. The Bertz CT molecular complexity index is 1330. The summed E-state index contributed by atoms with van der Waals surface area (Å²) in [5.74, 6) is 1.41. The van der Waals surface area contributed by atoms with Gasteiger partial charge in [-0.3, -0.25) is 19.8 Å². The van der Waals surface area contributed by atoms with Crippen LogP contribution in [-0.4, -0.2) is 41.3 Å². The fourth-order valence-electron chi connectivity index (χ4n) is 3.24. The highest BCUT2D eigenvalue weighted by atomic mass is 32.2. The lowest BCUT2D eigenvalue weighted by Gasteiger charge is -2.12. The second-order valence-corrected chi connectivity index (χ2v) is 8.18. The van der Waals surface area contributed by atoms with Gasteiger partial charge in [-0.25, -0.2) is 0 Å². The molecule has 0 bridgehead atoms. The molecule has 0 saturated carbocycles. The highest BCUT2D eigenvalue weighted by molar-refractivity contribution is 8.18. The van der Waals surface area contributed by atoms with Gasteiger partial charge in [0.05, 0.1) is 43.1 Å². The van der Waals surface area contributed by atoms with Gasteiger partial charge in [0.2, 0.25) is 0 Å². The maximum atomic E-state index is 13.2. The van der Waals surface area contributed by atoms with Crippen molar-refractivity contribution >= 4 is 40.8 Å². The minimum Gasteiger partial charge on any atom is -0.493 e. The Morgan fingerprint density at radius 3 is 2.63 bits per heavy atom. The van der Waals surface area contributed by atoms with Crippen LogP contribution in [-0.2, 0) is 11.3 Å². The number of nitrogens with zero attached hydrogens (tertiary/aromatic N) is 4. The number of methoxy groups -OCH3 is 2. The van der Waals surface area contributed by atoms with Gasteiger partial charge in [0.15, 0.2) is 16.7 Å². The van der Waals surface area contributed by atoms with E-state index in [1.54, 1.807) is 62.8 Å². The van der Waals surface area contributed by atoms with Gasteiger partial charge in [0.1, 0.15) is 5.76 Å². The van der Waals surface area contributed by atoms with Gasteiger partial charge >= 0.3 is 0 Å². The van der Waals surface area contributed by atoms with E-state index in [9.17, 15) is 14.9 Å². The first-order valence-electron chi connectivity index (χ1n) is 10.3. The quantitative estimate of drug-likeness (QED) is 0.193. The summed E-state index contributed by atoms with van der Waals surface area (Å²) < 4.78 is 15.9. The van der Waals surface area contributed by atoms with Gasteiger partial charge in [-0.2, -0.15) is 5.10 Å². The summed E-state index contributed by atoms with van der Waals surface area (Å²) >= 11 is 1.12. The summed E-state index contributed by atoms with van der Waals surface area (Å²) in [6, 6.07) is 14.8. The third-order valence-corrected chi connectivity index (χ3v) is 5.92. The zero-order valence-electron chi connectivity index (χ0n) is 18.8. The van der Waals surface area contributed by atoms with Crippen molar-refractivity contribution in [2.24, 2.45) is 10.2 Å². The standard InChI is InChI=1S/C24H20N4O6S/c1-32-20-9-8-17(12-21(20)33-2)14-25-26-24-27(15-19-7-4-10-34-19)23(29)22(35-24)13-16-5-3-6-18(11-16)28(30)31/h3-14H,15H2,1-2H3/b22-13-,25-14+,26-24-. The maximum Gasteiger partial charge on any atom is 0.270 e. The molecule has 1 aliphatic rings. The number of amidine groups is 1. The lowest BCUT2D eigenvalue weighted by atomic mass is 10.2. The fraction of sp³-hybridized carbons (Fsp3) is 0.125. The SMILES string of the molecule is COc1ccc(/C=N/N=C2\S/C(=C\c3cccc([N+](=O)[O-])c3)C(=O)N2Cc2ccco2)cc1OC. The van der Waals surface area contributed by atoms with E-state index >= 15 is 0 Å². The molecular weight excluding hydrogens is 472 g/mol. The average Bonchev–Trinajstić information content (AvgIpc) is 3.48. The van der Waals surface area contributed by atoms with Crippen LogP contribution in [0.1, 0.15) is 16.9 Å². The third-order valence-electron chi connectivity index (χ3n) is 4.92. The van der Waals surface area contributed by atoms with Crippen LogP contribution in [0.2, 0.25) is 0 Å². The molecule has 4 rings (SSSR count). The van der Waals surface area contributed by atoms with E-state index in [0.717, 1.165) is 17.3 Å². The predicted molar refractivity (Wildman–Crippen MR) is 132 cm³/mol. The molecule has 35 heavy (non-hydrogen) atoms. The van der Waals surface area contributed by atoms with Crippen LogP contribution in [0.4, 0.5) is 5.69 Å². The number of benzene rings is 2. The average molecular weight is 493 g/mol. The van der Waals surface area contributed by atoms with Gasteiger partial charge in [-0.05, 0) is 59.3 Å². The van der Waals surface area contributed by atoms with E-state index in [0.29, 0.717) is 32.9 Å². The van der Waals surface area contributed by atoms with Crippen LogP contribution in [0.25, 0.3) is 6.08 Å². The molecule has 0 aliphatic carbocycles. The van der Waals surface area contributed by atoms with Gasteiger partial charge in [-0.15, -0.1) is 5.10 Å². The number of non-ortho nitro benzene ring substituents is 1. The number of ether oxygens (including phenoxy) is 2. The van der Waals surface area contributed by atoms with Gasteiger partial charge in [0.25, 0.3) is 11.6 Å². The predicted octanol–water partition coefficient (Wildman–Crippen LogP) is 4.71. The summed E-state index contributed by atoms with van der Waals surface area (Å²) in [4.78, 5) is 25.6. The molecule has 1 fully saturated rings. The molecule has 0 radical (unpaired) electrons. The van der Waals surface area contributed by atoms with Gasteiger partial charge < -0.3 is 13.9 Å². The monoisotopic (exact) mass is 492 g/mol. The molecule has 3 aromatic rings. The number of hydrogen-bond donors (Lipinski definition) is 0. The Morgan fingerprint density at radius 2 is 1.91 bits per heavy atom. The zero-order chi connectivity index (χ0) is 24.8. The minimum atomic E-state index is -0.482. The molecule has 2 aromatic carbocycles. The topological polar surface area (TPSA) is 120 Å². The van der Waals surface area contributed by atoms with E-state index in [1.165, 1.54) is 29.5 Å². The molecule has 0 N–H and O–H groups in total. The second kappa shape index (κ2) is 10.7. The van der Waals surface area contributed by atoms with Crippen molar-refractivity contribution in [2.45, 2.75) is 6.54 Å². The van der Waals surface area contributed by atoms with Crippen molar-refractivity contribution in [3.05, 3.63) is 92.8 Å². The summed E-state index contributed by atoms with van der Waals surface area (Å²) in [6.45, 7) is 0.163. The van der Waals surface area contributed by atoms with Crippen LogP contribution in [0.5, 0.6) is 11.5 Å². The largest absolute Gasteiger partial charge is 0.493 e. The molecule has 0 atom stereocenters. The van der Waals surface area contributed by atoms with Gasteiger partial charge in [-0.1, -0.05) is 12.1 Å². The fourth-order valence-corrected chi connectivity index (χ4v) is 4.17. The molecule has 1 amide bonds. The van der Waals surface area contributed by atoms with E-state index in [-0.39, 0.29) is 18.1 Å². The van der Waals surface area contributed by atoms with Crippen molar-refractivity contribution in [1.82, 2.24) is 4.90 Å². The van der Waals surface area contributed by atoms with Crippen LogP contribution in [0, 0.1) is 10.1 Å². The first-order chi connectivity index (χ1) is 17.0. The van der Waals surface area contributed by atoms with E-state index < -0.39 is 4.92 Å². The van der Waals surface area contributed by atoms with Crippen LogP contribution >= 0.6 is 11.8 Å². The highest BCUT2D eigenvalue weighted by Crippen LogP contribution is 2.34. The number of thioether (sulfide) groups is 1. The van der Waals surface area contributed by atoms with Crippen molar-refractivity contribution in [1.29, 1.82) is 0 Å². The summed E-state index contributed by atoms with van der Waals surface area (Å²) in [5, 5.41) is 19.8. The van der Waals surface area contributed by atoms with Crippen LogP contribution < -0.4 is 9.47 Å². The molecule has 178 valence electrons. The molecular formula is C24H20N4O6S. The number of furan rings is 1. The number of carbonyl (C=O) groups excluding carboxylic acids is 1. The van der Waals surface area contributed by atoms with Crippen molar-refractivity contribution in [2.75, 3.05) is 14.2 Å². The Balaban J connectivity index is 1.62. The molecule has 0 unspecified atom stereocenters. The lowest BCUT2D eigenvalue weighted by Crippen LogP contribution is -2.28. The molecule has 2 heterocycles. The number of nitro groups is 1. The van der Waals surface area contributed by atoms with Gasteiger partial charge in [0, 0.05) is 12.1 Å². The lowest BCUT2D eigenvalue weighted by molar-refractivity contribution is -0.384. The molecule has 10 nitrogen and oxygen atoms in total. The Kier molecular flexibility index (Phi) is 7.27. The zero-order valence-corrected chi connectivity index (χ0v) is 19.6. The Labute approximate surface area is 204 Å². The molecule has 11 heteroatoms. The van der Waals surface area contributed by atoms with Crippen molar-refractivity contribution in [3.63, 3.8) is 0 Å². The molecule has 1 aliphatic heterocycles. The number of hydrogen-bond acceptors (Lipinski definition) is 9. The normalized spacial score (nSPS) is 15.9. The van der Waals surface area contributed by atoms with E-state index in [2.05, 4.69) is 10.2 Å². The summed E-state index contributed by atoms with van der Waals surface area (Å²) in [5.41, 5.74) is 1.20. The second-order valence-electron chi connectivity index (χ2n) is 7.17. The first kappa shape index (κ1) is 23.8. The smallest absolute Gasteiger partial charge is 0.270 e. The van der Waals surface area contributed by atoms with Crippen molar-refractivity contribution < 1.29 is 23.6 Å². The molecule has 0 spiro atoms. The van der Waals surface area contributed by atoms with E-state index in [1.807, 2.05) is 0 Å². The van der Waals surface area contributed by atoms with E-state index in [4.69, 9.17) is 13.9 Å². The number of nitro benzene ring substituents is 1. The molecule has 1 saturated heterocycles. The van der Waals surface area contributed by atoms with Crippen LogP contribution in [0.3, 0.4) is 0 Å². The first-order valence-corrected chi connectivity index (χ1v) is 11.1. The third kappa shape index (κ3) is 5.58. The Morgan fingerprint density at radius 1 is 1.09 bits per heavy atom. The number of rotatable bonds is 8. The Hall–Kier alpha value is -4.38. The number of amides is 1. The summed E-state index contributed by atoms with van der Waals surface area (Å²) in [6.07, 6.45) is 4.65. The number of carbonyl (C=O) groups is 1. The highest BCUT2D eigenvalue weighted by Gasteiger charge is 2.34. The van der Waals surface area contributed by atoms with Crippen LogP contribution in [0.15, 0.2) is 80.4 Å². The summed E-state index contributed by atoms with van der Waals surface area (Å²) in [7, 11) is 3.10.